The number of nitrogens with zero attached hydrogens (tertiary/aromatic N) is 7. The van der Waals surface area contributed by atoms with Crippen LogP contribution in [0.4, 0.5) is 0 Å². The van der Waals surface area contributed by atoms with Crippen molar-refractivity contribution in [3.63, 3.8) is 0 Å². The average Bonchev–Trinajstić information content (AvgIpc) is 4.08. The van der Waals surface area contributed by atoms with Gasteiger partial charge in [-0.3, -0.25) is 19.4 Å². The molecule has 3 fully saturated rings. The fourth-order valence-electron chi connectivity index (χ4n) is 9.39. The van der Waals surface area contributed by atoms with Gasteiger partial charge < -0.3 is 34.7 Å². The lowest BCUT2D eigenvalue weighted by molar-refractivity contribution is -0.141. The summed E-state index contributed by atoms with van der Waals surface area (Å²) in [5.41, 5.74) is 8.09. The number of piperidine rings is 1. The molecule has 3 aliphatic rings. The first-order chi connectivity index (χ1) is 30.5. The minimum Gasteiger partial charge on any atom is -0.507 e. The maximum Gasteiger partial charge on any atom is 0.254 e. The Bertz CT molecular complexity index is 2540. The van der Waals surface area contributed by atoms with Crippen LogP contribution in [0.25, 0.3) is 32.7 Å². The van der Waals surface area contributed by atoms with E-state index < -0.39 is 18.1 Å². The van der Waals surface area contributed by atoms with Crippen LogP contribution in [-0.2, 0) is 9.59 Å². The predicted molar refractivity (Wildman–Crippen MR) is 239 cm³/mol. The number of aryl methyl sites for hydroxylation is 1. The van der Waals surface area contributed by atoms with Crippen LogP contribution in [-0.4, -0.2) is 126 Å². The number of hydrogen-bond acceptors (Lipinski definition) is 13. The maximum atomic E-state index is 14.2. The Morgan fingerprint density at radius 2 is 1.79 bits per heavy atom. The first-order valence-corrected chi connectivity index (χ1v) is 22.9. The van der Waals surface area contributed by atoms with Crippen molar-refractivity contribution in [2.75, 3.05) is 45.9 Å². The first kappa shape index (κ1) is 42.6. The monoisotopic (exact) mass is 873 g/mol. The molecule has 15 nitrogen and oxygen atoms in total. The number of para-hydroxylation sites is 1. The van der Waals surface area contributed by atoms with Gasteiger partial charge in [-0.2, -0.15) is 0 Å². The van der Waals surface area contributed by atoms with Crippen molar-refractivity contribution < 1.29 is 29.1 Å². The number of β-amino-alcohol motifs (C(OH)–C–C–N with tert-alkyl or cyclic N) is 1. The highest BCUT2D eigenvalue weighted by molar-refractivity contribution is 7.13. The fourth-order valence-corrected chi connectivity index (χ4v) is 10.2. The number of aromatic hydroxyl groups is 1. The van der Waals surface area contributed by atoms with Gasteiger partial charge in [0.15, 0.2) is 11.4 Å². The Morgan fingerprint density at radius 1 is 1.02 bits per heavy atom. The van der Waals surface area contributed by atoms with Gasteiger partial charge in [-0.05, 0) is 86.2 Å². The zero-order valence-electron chi connectivity index (χ0n) is 36.1. The van der Waals surface area contributed by atoms with Crippen molar-refractivity contribution in [1.82, 2.24) is 45.3 Å². The van der Waals surface area contributed by atoms with E-state index in [9.17, 15) is 19.8 Å². The molecule has 0 aliphatic carbocycles. The van der Waals surface area contributed by atoms with E-state index in [2.05, 4.69) is 46.5 Å². The Hall–Kier alpha value is -5.68. The molecule has 0 bridgehead atoms. The highest BCUT2D eigenvalue weighted by atomic mass is 32.1. The number of carbonyl (C=O) groups is 2. The molecular weight excluding hydrogens is 819 g/mol. The number of aromatic nitrogens is 5. The van der Waals surface area contributed by atoms with Gasteiger partial charge in [-0.1, -0.05) is 50.2 Å². The number of aliphatic hydroxyl groups excluding tert-OH is 1. The summed E-state index contributed by atoms with van der Waals surface area (Å²) in [6.07, 6.45) is 1.52. The minimum atomic E-state index is -0.817. The summed E-state index contributed by atoms with van der Waals surface area (Å²) in [7, 11) is 0. The second-order valence-corrected chi connectivity index (χ2v) is 18.5. The Morgan fingerprint density at radius 3 is 2.52 bits per heavy atom. The van der Waals surface area contributed by atoms with Gasteiger partial charge in [0.2, 0.25) is 11.8 Å². The average molecular weight is 874 g/mol. The minimum absolute atomic E-state index is 0.0628. The number of rotatable bonds is 14. The zero-order chi connectivity index (χ0) is 43.8. The van der Waals surface area contributed by atoms with E-state index >= 15 is 0 Å². The second-order valence-electron chi connectivity index (χ2n) is 17.7. The van der Waals surface area contributed by atoms with Gasteiger partial charge in [-0.15, -0.1) is 21.5 Å². The van der Waals surface area contributed by atoms with Gasteiger partial charge in [0.25, 0.3) is 5.88 Å². The summed E-state index contributed by atoms with van der Waals surface area (Å²) in [5.74, 6) is -0.150. The van der Waals surface area contributed by atoms with E-state index in [1.165, 1.54) is 10.6 Å². The summed E-state index contributed by atoms with van der Waals surface area (Å²) >= 11 is 1.59. The van der Waals surface area contributed by atoms with Gasteiger partial charge >= 0.3 is 0 Å². The number of aliphatic hydroxyl groups is 1. The van der Waals surface area contributed by atoms with E-state index in [1.807, 2.05) is 75.7 Å². The lowest BCUT2D eigenvalue weighted by Gasteiger charge is -2.47. The molecule has 3 aliphatic heterocycles. The third-order valence-corrected chi connectivity index (χ3v) is 14.0. The molecule has 4 atom stereocenters. The predicted octanol–water partition coefficient (Wildman–Crippen LogP) is 6.27. The maximum absolute atomic E-state index is 14.2. The number of H-pyrrole nitrogens is 1. The molecule has 9 rings (SSSR count). The van der Waals surface area contributed by atoms with Crippen LogP contribution in [0.5, 0.6) is 11.6 Å². The molecule has 6 aromatic rings. The largest absolute Gasteiger partial charge is 0.507 e. The van der Waals surface area contributed by atoms with Crippen LogP contribution < -0.4 is 10.1 Å². The van der Waals surface area contributed by atoms with E-state index in [0.29, 0.717) is 41.5 Å². The number of ether oxygens (including phenoxy) is 1. The molecular formula is C47H55N9O6S. The van der Waals surface area contributed by atoms with E-state index in [0.717, 1.165) is 78.3 Å². The molecule has 330 valence electrons. The van der Waals surface area contributed by atoms with Gasteiger partial charge in [0.1, 0.15) is 24.3 Å². The lowest BCUT2D eigenvalue weighted by atomic mass is 9.91. The number of hydrogen-bond donors (Lipinski definition) is 4. The van der Waals surface area contributed by atoms with Crippen molar-refractivity contribution in [3.05, 3.63) is 95.0 Å². The van der Waals surface area contributed by atoms with Crippen LogP contribution >= 0.6 is 11.3 Å². The highest BCUT2D eigenvalue weighted by Crippen LogP contribution is 2.36. The van der Waals surface area contributed by atoms with E-state index in [-0.39, 0.29) is 42.5 Å². The van der Waals surface area contributed by atoms with Crippen molar-refractivity contribution >= 4 is 34.2 Å². The van der Waals surface area contributed by atoms with Crippen molar-refractivity contribution in [2.45, 2.75) is 83.0 Å². The molecule has 63 heavy (non-hydrogen) atoms. The number of fused-ring (bicyclic) bond motifs is 1. The van der Waals surface area contributed by atoms with Crippen LogP contribution in [0.2, 0.25) is 0 Å². The number of nitrogens with one attached hydrogen (secondary N) is 2. The number of phenolic OH excluding ortho intramolecular Hbond substituents is 1. The molecule has 0 unspecified atom stereocenters. The van der Waals surface area contributed by atoms with Crippen LogP contribution in [0, 0.1) is 12.8 Å². The quantitative estimate of drug-likeness (QED) is 0.0963. The Kier molecular flexibility index (Phi) is 12.3. The molecule has 4 aromatic heterocycles. The molecule has 4 N–H and O–H groups in total. The molecule has 3 saturated heterocycles. The molecule has 7 heterocycles. The standard InChI is InChI=1S/C47H55N9O6S/c1-27(2)43(47(60)56-25-35(57)21-39(56)46(59)49-28(3)30-9-11-31(12-10-30)44-29(4)48-26-63-44)41-22-42(53-62-41)61-18-17-54-15-13-34(14-16-54)55-23-33(24-55)37-19-32-20-38(51-52-45(32)50-37)36-7-5-6-8-40(36)58/h5-12,19-20,22,26-28,33-35,39,43,57-58H,13-18,21,23-25H2,1-4H3,(H,49,59)(H,50,52)/t28-,35+,39-,43+/m0/s1. The number of amides is 2. The Balaban J connectivity index is 0.730. The molecule has 16 heteroatoms. The summed E-state index contributed by atoms with van der Waals surface area (Å²) < 4.78 is 11.8. The van der Waals surface area contributed by atoms with Gasteiger partial charge in [0, 0.05) is 67.3 Å². The molecule has 2 amide bonds. The number of thiazole rings is 1. The second kappa shape index (κ2) is 18.2. The van der Waals surface area contributed by atoms with Crippen LogP contribution in [0.3, 0.4) is 0 Å². The zero-order valence-corrected chi connectivity index (χ0v) is 36.9. The molecule has 0 radical (unpaired) electrons. The molecule has 0 spiro atoms. The first-order valence-electron chi connectivity index (χ1n) is 22.0. The van der Waals surface area contributed by atoms with Crippen molar-refractivity contribution in [3.8, 4) is 33.3 Å². The molecule has 0 saturated carbocycles. The third-order valence-electron chi connectivity index (χ3n) is 13.0. The summed E-state index contributed by atoms with van der Waals surface area (Å²) in [6, 6.07) is 20.5. The van der Waals surface area contributed by atoms with Crippen LogP contribution in [0.1, 0.15) is 80.6 Å². The number of carbonyl (C=O) groups excluding carboxylic acids is 2. The van der Waals surface area contributed by atoms with Crippen LogP contribution in [0.15, 0.2) is 76.8 Å². The Labute approximate surface area is 370 Å². The summed E-state index contributed by atoms with van der Waals surface area (Å²) in [6.45, 7) is 13.0. The van der Waals surface area contributed by atoms with E-state index in [1.54, 1.807) is 29.5 Å². The number of benzene rings is 2. The smallest absolute Gasteiger partial charge is 0.254 e. The third kappa shape index (κ3) is 9.08. The SMILES string of the molecule is Cc1ncsc1-c1ccc([C@H](C)NC(=O)[C@@H]2C[C@@H](O)CN2C(=O)[C@@H](c2cc(OCCN3CCC(N4CC(c5cc6cc(-c7ccccc7O)nnc6[nH]5)C4)CC3)no2)C(C)C)cc1. The number of aromatic amines is 1. The summed E-state index contributed by atoms with van der Waals surface area (Å²) in [5, 5.41) is 37.9. The normalized spacial score (nSPS) is 20.0. The topological polar surface area (TPSA) is 186 Å². The molecule has 2 aromatic carbocycles. The fraction of sp³-hybridized carbons (Fsp3) is 0.447. The number of likely N-dealkylation sites (tertiary alicyclic amines) is 3. The van der Waals surface area contributed by atoms with Crippen molar-refractivity contribution in [1.29, 1.82) is 0 Å². The number of phenols is 1. The van der Waals surface area contributed by atoms with Gasteiger partial charge in [-0.25, -0.2) is 4.98 Å². The van der Waals surface area contributed by atoms with Crippen molar-refractivity contribution in [2.24, 2.45) is 5.92 Å². The lowest BCUT2D eigenvalue weighted by Crippen LogP contribution is -2.54. The van der Waals surface area contributed by atoms with Gasteiger partial charge in [0.05, 0.1) is 33.9 Å². The highest BCUT2D eigenvalue weighted by Gasteiger charge is 2.44. The summed E-state index contributed by atoms with van der Waals surface area (Å²) in [4.78, 5) is 43.3. The van der Waals surface area contributed by atoms with E-state index in [4.69, 9.17) is 9.26 Å².